The normalized spacial score (nSPS) is 14.2. The van der Waals surface area contributed by atoms with Crippen LogP contribution in [-0.2, 0) is 5.60 Å². The molecule has 1 atom stereocenters. The Hall–Kier alpha value is -2.61. The van der Waals surface area contributed by atoms with E-state index in [4.69, 9.17) is 4.74 Å². The van der Waals surface area contributed by atoms with E-state index in [9.17, 15) is 22.7 Å². The smallest absolute Gasteiger partial charge is 0.425 e. The summed E-state index contributed by atoms with van der Waals surface area (Å²) in [4.78, 5) is 6.06. The zero-order chi connectivity index (χ0) is 21.1. The van der Waals surface area contributed by atoms with Crippen LogP contribution in [0.15, 0.2) is 41.4 Å². The fourth-order valence-electron chi connectivity index (χ4n) is 2.67. The maximum Gasteiger partial charge on any atom is 0.425 e. The summed E-state index contributed by atoms with van der Waals surface area (Å²) >= 11 is 0. The lowest BCUT2D eigenvalue weighted by Crippen LogP contribution is -2.43. The SMILES string of the molecule is CCN(C)C=Nc1cc(OC)c(C(O)(c2ccc(F)cc2)C(F)(F)F)cc1C. The van der Waals surface area contributed by atoms with Crippen LogP contribution in [0.5, 0.6) is 5.75 Å². The minimum absolute atomic E-state index is 0.180. The largest absolute Gasteiger partial charge is 0.496 e. The van der Waals surface area contributed by atoms with Crippen molar-refractivity contribution in [3.63, 3.8) is 0 Å². The highest BCUT2D eigenvalue weighted by Gasteiger charge is 2.57. The van der Waals surface area contributed by atoms with Gasteiger partial charge in [-0.25, -0.2) is 9.38 Å². The summed E-state index contributed by atoms with van der Waals surface area (Å²) in [5.74, 6) is -0.887. The van der Waals surface area contributed by atoms with Crippen LogP contribution in [0, 0.1) is 12.7 Å². The highest BCUT2D eigenvalue weighted by atomic mass is 19.4. The van der Waals surface area contributed by atoms with Gasteiger partial charge in [0.25, 0.3) is 0 Å². The number of methoxy groups -OCH3 is 1. The van der Waals surface area contributed by atoms with Gasteiger partial charge in [-0.15, -0.1) is 0 Å². The van der Waals surface area contributed by atoms with Gasteiger partial charge in [0.2, 0.25) is 5.60 Å². The molecule has 0 bridgehead atoms. The van der Waals surface area contributed by atoms with Crippen LogP contribution in [0.4, 0.5) is 23.2 Å². The number of aliphatic imine (C=N–C) groups is 1. The third-order valence-corrected chi connectivity index (χ3v) is 4.47. The van der Waals surface area contributed by atoms with Gasteiger partial charge < -0.3 is 14.7 Å². The van der Waals surface area contributed by atoms with Crippen LogP contribution < -0.4 is 4.74 Å². The molecule has 0 aliphatic heterocycles. The molecule has 0 aliphatic rings. The molecule has 8 heteroatoms. The molecule has 2 aromatic rings. The Labute approximate surface area is 161 Å². The van der Waals surface area contributed by atoms with E-state index in [1.54, 1.807) is 25.2 Å². The zero-order valence-electron chi connectivity index (χ0n) is 16.0. The van der Waals surface area contributed by atoms with Crippen molar-refractivity contribution in [1.29, 1.82) is 0 Å². The summed E-state index contributed by atoms with van der Waals surface area (Å²) in [6.07, 6.45) is -3.52. The molecule has 152 valence electrons. The Bertz CT molecular complexity index is 851. The average molecular weight is 398 g/mol. The van der Waals surface area contributed by atoms with E-state index in [1.807, 2.05) is 6.92 Å². The van der Waals surface area contributed by atoms with Gasteiger partial charge in [-0.2, -0.15) is 13.2 Å². The summed E-state index contributed by atoms with van der Waals surface area (Å²) < 4.78 is 60.3. The molecule has 1 unspecified atom stereocenters. The molecule has 2 aromatic carbocycles. The fraction of sp³-hybridized carbons (Fsp3) is 0.350. The molecule has 0 saturated heterocycles. The van der Waals surface area contributed by atoms with E-state index in [-0.39, 0.29) is 5.75 Å². The Morgan fingerprint density at radius 1 is 1.18 bits per heavy atom. The monoisotopic (exact) mass is 398 g/mol. The van der Waals surface area contributed by atoms with E-state index in [0.29, 0.717) is 17.8 Å². The third kappa shape index (κ3) is 4.11. The van der Waals surface area contributed by atoms with E-state index in [1.165, 1.54) is 19.2 Å². The van der Waals surface area contributed by atoms with Crippen molar-refractivity contribution in [3.05, 3.63) is 58.9 Å². The quantitative estimate of drug-likeness (QED) is 0.441. The van der Waals surface area contributed by atoms with Crippen molar-refractivity contribution in [3.8, 4) is 5.75 Å². The Kier molecular flexibility index (Phi) is 6.34. The molecule has 0 radical (unpaired) electrons. The molecule has 1 N–H and O–H groups in total. The van der Waals surface area contributed by atoms with Crippen molar-refractivity contribution in [1.82, 2.24) is 4.90 Å². The number of hydrogen-bond donors (Lipinski definition) is 1. The zero-order valence-corrected chi connectivity index (χ0v) is 16.0. The van der Waals surface area contributed by atoms with Crippen molar-refractivity contribution >= 4 is 12.0 Å². The van der Waals surface area contributed by atoms with E-state index >= 15 is 0 Å². The molecule has 4 nitrogen and oxygen atoms in total. The molecular formula is C20H22F4N2O2. The Morgan fingerprint density at radius 2 is 1.79 bits per heavy atom. The number of alkyl halides is 3. The number of rotatable bonds is 6. The molecule has 0 saturated carbocycles. The third-order valence-electron chi connectivity index (χ3n) is 4.47. The minimum Gasteiger partial charge on any atom is -0.496 e. The lowest BCUT2D eigenvalue weighted by Gasteiger charge is -2.33. The number of hydrogen-bond acceptors (Lipinski definition) is 3. The second-order valence-corrected chi connectivity index (χ2v) is 6.37. The first-order valence-electron chi connectivity index (χ1n) is 8.53. The molecule has 0 aromatic heterocycles. The van der Waals surface area contributed by atoms with Crippen LogP contribution >= 0.6 is 0 Å². The number of halogens is 4. The van der Waals surface area contributed by atoms with E-state index < -0.39 is 28.7 Å². The first-order valence-corrected chi connectivity index (χ1v) is 8.53. The molecule has 0 amide bonds. The molecule has 0 aliphatic carbocycles. The van der Waals surface area contributed by atoms with Crippen LogP contribution in [-0.4, -0.2) is 43.2 Å². The molecular weight excluding hydrogens is 376 g/mol. The maximum atomic E-state index is 14.0. The second-order valence-electron chi connectivity index (χ2n) is 6.37. The average Bonchev–Trinajstić information content (AvgIpc) is 2.65. The molecule has 2 rings (SSSR count). The summed E-state index contributed by atoms with van der Waals surface area (Å²) in [5, 5.41) is 10.8. The fourth-order valence-corrected chi connectivity index (χ4v) is 2.67. The maximum absolute atomic E-state index is 14.0. The lowest BCUT2D eigenvalue weighted by molar-refractivity contribution is -0.248. The predicted octanol–water partition coefficient (Wildman–Crippen LogP) is 4.55. The number of ether oxygens (including phenoxy) is 1. The molecule has 0 fully saturated rings. The highest BCUT2D eigenvalue weighted by Crippen LogP contribution is 2.48. The predicted molar refractivity (Wildman–Crippen MR) is 99.6 cm³/mol. The van der Waals surface area contributed by atoms with E-state index in [2.05, 4.69) is 4.99 Å². The van der Waals surface area contributed by atoms with Crippen molar-refractivity contribution < 1.29 is 27.4 Å². The lowest BCUT2D eigenvalue weighted by atomic mass is 9.84. The van der Waals surface area contributed by atoms with Crippen LogP contribution in [0.1, 0.15) is 23.6 Å². The molecule has 28 heavy (non-hydrogen) atoms. The van der Waals surface area contributed by atoms with Gasteiger partial charge >= 0.3 is 6.18 Å². The number of nitrogens with zero attached hydrogens (tertiary/aromatic N) is 2. The van der Waals surface area contributed by atoms with Gasteiger partial charge in [0.1, 0.15) is 11.6 Å². The Balaban J connectivity index is 2.69. The van der Waals surface area contributed by atoms with Gasteiger partial charge in [0.15, 0.2) is 0 Å². The van der Waals surface area contributed by atoms with Crippen LogP contribution in [0.3, 0.4) is 0 Å². The van der Waals surface area contributed by atoms with Gasteiger partial charge in [-0.1, -0.05) is 12.1 Å². The van der Waals surface area contributed by atoms with Crippen LogP contribution in [0.2, 0.25) is 0 Å². The van der Waals surface area contributed by atoms with Crippen molar-refractivity contribution in [2.45, 2.75) is 25.6 Å². The van der Waals surface area contributed by atoms with Gasteiger partial charge in [-0.3, -0.25) is 0 Å². The molecule has 0 spiro atoms. The van der Waals surface area contributed by atoms with Crippen molar-refractivity contribution in [2.24, 2.45) is 4.99 Å². The first-order chi connectivity index (χ1) is 13.0. The van der Waals surface area contributed by atoms with Crippen LogP contribution in [0.25, 0.3) is 0 Å². The summed E-state index contributed by atoms with van der Waals surface area (Å²) in [6, 6.07) is 6.06. The molecule has 0 heterocycles. The van der Waals surface area contributed by atoms with Gasteiger partial charge in [-0.05, 0) is 43.2 Å². The Morgan fingerprint density at radius 3 is 2.29 bits per heavy atom. The standard InChI is InChI=1S/C20H22F4N2O2/c1-5-26(3)12-25-17-11-18(28-4)16(10-13(17)2)19(27,20(22,23)24)14-6-8-15(21)9-7-14/h6-12,27H,5H2,1-4H3. The van der Waals surface area contributed by atoms with Gasteiger partial charge in [0.05, 0.1) is 19.1 Å². The first kappa shape index (κ1) is 21.7. The van der Waals surface area contributed by atoms with Crippen molar-refractivity contribution in [2.75, 3.05) is 20.7 Å². The number of aryl methyl sites for hydroxylation is 1. The second kappa shape index (κ2) is 8.18. The van der Waals surface area contributed by atoms with Gasteiger partial charge in [0, 0.05) is 25.2 Å². The summed E-state index contributed by atoms with van der Waals surface area (Å²) in [7, 11) is 3.02. The number of benzene rings is 2. The summed E-state index contributed by atoms with van der Waals surface area (Å²) in [5.41, 5.74) is -3.56. The summed E-state index contributed by atoms with van der Waals surface area (Å²) in [6.45, 7) is 4.22. The van der Waals surface area contributed by atoms with E-state index in [0.717, 1.165) is 24.3 Å². The minimum atomic E-state index is -5.07. The highest BCUT2D eigenvalue weighted by molar-refractivity contribution is 5.66. The topological polar surface area (TPSA) is 45.1 Å². The number of aliphatic hydroxyl groups is 1.